The fourth-order valence-electron chi connectivity index (χ4n) is 3.69. The van der Waals surface area contributed by atoms with Crippen LogP contribution in [0.2, 0.25) is 0 Å². The SMILES string of the molecule is COc1c(C(C)(C)C)cc(-c2ccc[nH]c2=O)c2ncc(-c3ccc(C)nc3)cc12. The summed E-state index contributed by atoms with van der Waals surface area (Å²) in [4.78, 5) is 24.5. The topological polar surface area (TPSA) is 67.9 Å². The molecule has 0 aliphatic carbocycles. The summed E-state index contributed by atoms with van der Waals surface area (Å²) in [6.45, 7) is 8.37. The highest BCUT2D eigenvalue weighted by atomic mass is 16.5. The minimum Gasteiger partial charge on any atom is -0.496 e. The highest BCUT2D eigenvalue weighted by molar-refractivity contribution is 6.00. The molecule has 0 radical (unpaired) electrons. The Bertz CT molecular complexity index is 1280. The second kappa shape index (κ2) is 7.41. The van der Waals surface area contributed by atoms with Gasteiger partial charge in [0.25, 0.3) is 5.56 Å². The summed E-state index contributed by atoms with van der Waals surface area (Å²) in [5.74, 6) is 0.781. The molecule has 0 unspecified atom stereocenters. The fourth-order valence-corrected chi connectivity index (χ4v) is 3.69. The number of aryl methyl sites for hydroxylation is 1. The Labute approximate surface area is 175 Å². The van der Waals surface area contributed by atoms with Crippen molar-refractivity contribution < 1.29 is 4.74 Å². The Hall–Kier alpha value is -3.47. The highest BCUT2D eigenvalue weighted by Crippen LogP contribution is 2.42. The van der Waals surface area contributed by atoms with E-state index in [0.717, 1.165) is 44.6 Å². The van der Waals surface area contributed by atoms with E-state index in [2.05, 4.69) is 36.8 Å². The van der Waals surface area contributed by atoms with E-state index in [-0.39, 0.29) is 11.0 Å². The summed E-state index contributed by atoms with van der Waals surface area (Å²) in [5.41, 5.74) is 5.72. The Morgan fingerprint density at radius 2 is 1.73 bits per heavy atom. The van der Waals surface area contributed by atoms with Gasteiger partial charge >= 0.3 is 0 Å². The molecule has 0 aliphatic rings. The van der Waals surface area contributed by atoms with Crippen molar-refractivity contribution in [1.82, 2.24) is 15.0 Å². The molecule has 0 aliphatic heterocycles. The molecule has 1 N–H and O–H groups in total. The molecule has 1 aromatic carbocycles. The Kier molecular flexibility index (Phi) is 4.90. The number of nitrogens with zero attached hydrogens (tertiary/aromatic N) is 2. The van der Waals surface area contributed by atoms with E-state index in [1.165, 1.54) is 0 Å². The summed E-state index contributed by atoms with van der Waals surface area (Å²) in [5, 5.41) is 0.876. The molecule has 5 heteroatoms. The molecule has 152 valence electrons. The first kappa shape index (κ1) is 19.8. The molecule has 4 rings (SSSR count). The van der Waals surface area contributed by atoms with Crippen LogP contribution in [0.3, 0.4) is 0 Å². The van der Waals surface area contributed by atoms with Gasteiger partial charge in [0.15, 0.2) is 0 Å². The number of pyridine rings is 3. The van der Waals surface area contributed by atoms with E-state index < -0.39 is 0 Å². The summed E-state index contributed by atoms with van der Waals surface area (Å²) in [6.07, 6.45) is 5.31. The molecule has 3 aromatic heterocycles. The zero-order valence-corrected chi connectivity index (χ0v) is 17.9. The number of H-pyrrole nitrogens is 1. The monoisotopic (exact) mass is 399 g/mol. The average Bonchev–Trinajstić information content (AvgIpc) is 2.72. The number of ether oxygens (including phenoxy) is 1. The van der Waals surface area contributed by atoms with Crippen LogP contribution in [0.4, 0.5) is 0 Å². The van der Waals surface area contributed by atoms with Crippen LogP contribution in [0, 0.1) is 6.92 Å². The second-order valence-corrected chi connectivity index (χ2v) is 8.48. The third-order valence-electron chi connectivity index (χ3n) is 5.29. The van der Waals surface area contributed by atoms with E-state index in [1.807, 2.05) is 49.6 Å². The van der Waals surface area contributed by atoms with Crippen molar-refractivity contribution in [3.8, 4) is 28.0 Å². The molecule has 3 heterocycles. The van der Waals surface area contributed by atoms with E-state index >= 15 is 0 Å². The molecule has 0 saturated carbocycles. The molecule has 0 fully saturated rings. The number of methoxy groups -OCH3 is 1. The Morgan fingerprint density at radius 3 is 2.37 bits per heavy atom. The molecule has 4 aromatic rings. The maximum atomic E-state index is 12.6. The van der Waals surface area contributed by atoms with Crippen molar-refractivity contribution in [3.05, 3.63) is 76.6 Å². The molecule has 0 bridgehead atoms. The van der Waals surface area contributed by atoms with Gasteiger partial charge in [-0.05, 0) is 42.7 Å². The summed E-state index contributed by atoms with van der Waals surface area (Å²) in [6, 6.07) is 11.8. The van der Waals surface area contributed by atoms with Gasteiger partial charge in [0.1, 0.15) is 5.75 Å². The third-order valence-corrected chi connectivity index (χ3v) is 5.29. The molecular weight excluding hydrogens is 374 g/mol. The van der Waals surface area contributed by atoms with Crippen LogP contribution in [-0.2, 0) is 5.41 Å². The predicted molar refractivity (Wildman–Crippen MR) is 121 cm³/mol. The van der Waals surface area contributed by atoms with Crippen molar-refractivity contribution in [2.45, 2.75) is 33.1 Å². The normalized spacial score (nSPS) is 11.6. The molecule has 0 spiro atoms. The number of fused-ring (bicyclic) bond motifs is 1. The number of aromatic nitrogens is 3. The Balaban J connectivity index is 2.09. The summed E-state index contributed by atoms with van der Waals surface area (Å²) >= 11 is 0. The molecule has 0 amide bonds. The smallest absolute Gasteiger partial charge is 0.255 e. The second-order valence-electron chi connectivity index (χ2n) is 8.48. The summed E-state index contributed by atoms with van der Waals surface area (Å²) in [7, 11) is 1.68. The van der Waals surface area contributed by atoms with E-state index in [9.17, 15) is 4.79 Å². The number of hydrogen-bond donors (Lipinski definition) is 1. The minimum absolute atomic E-state index is 0.141. The van der Waals surface area contributed by atoms with Gasteiger partial charge in [-0.2, -0.15) is 0 Å². The van der Waals surface area contributed by atoms with Gasteiger partial charge in [-0.3, -0.25) is 14.8 Å². The number of benzene rings is 1. The zero-order chi connectivity index (χ0) is 21.5. The first-order valence-corrected chi connectivity index (χ1v) is 9.92. The summed E-state index contributed by atoms with van der Waals surface area (Å²) < 4.78 is 5.87. The number of nitrogens with one attached hydrogen (secondary N) is 1. The van der Waals surface area contributed by atoms with Gasteiger partial charge in [0.2, 0.25) is 0 Å². The first-order valence-electron chi connectivity index (χ1n) is 9.92. The standard InChI is InChI=1S/C25H25N3O2/c1-15-8-9-16(13-27-15)17-11-20-22(28-14-17)19(18-7-6-10-26-24(18)29)12-21(23(20)30-5)25(2,3)4/h6-14H,1-5H3,(H,26,29). The lowest BCUT2D eigenvalue weighted by Crippen LogP contribution is -2.15. The predicted octanol–water partition coefficient (Wildman–Crippen LogP) is 5.27. The van der Waals surface area contributed by atoms with Crippen molar-refractivity contribution in [2.75, 3.05) is 7.11 Å². The van der Waals surface area contributed by atoms with E-state index in [0.29, 0.717) is 5.56 Å². The van der Waals surface area contributed by atoms with Gasteiger partial charge in [-0.25, -0.2) is 0 Å². The van der Waals surface area contributed by atoms with Crippen molar-refractivity contribution >= 4 is 10.9 Å². The fraction of sp³-hybridized carbons (Fsp3) is 0.240. The van der Waals surface area contributed by atoms with Gasteiger partial charge in [0, 0.05) is 57.5 Å². The third kappa shape index (κ3) is 3.47. The Morgan fingerprint density at radius 1 is 0.967 bits per heavy atom. The lowest BCUT2D eigenvalue weighted by Gasteiger charge is -2.25. The minimum atomic E-state index is -0.183. The van der Waals surface area contributed by atoms with Crippen molar-refractivity contribution in [2.24, 2.45) is 0 Å². The quantitative estimate of drug-likeness (QED) is 0.510. The molecule has 5 nitrogen and oxygen atoms in total. The lowest BCUT2D eigenvalue weighted by atomic mass is 9.83. The number of aromatic amines is 1. The van der Waals surface area contributed by atoms with E-state index in [1.54, 1.807) is 13.3 Å². The maximum absolute atomic E-state index is 12.6. The van der Waals surface area contributed by atoms with Crippen LogP contribution in [-0.4, -0.2) is 22.1 Å². The number of rotatable bonds is 3. The molecular formula is C25H25N3O2. The van der Waals surface area contributed by atoms with Crippen LogP contribution >= 0.6 is 0 Å². The van der Waals surface area contributed by atoms with E-state index in [4.69, 9.17) is 9.72 Å². The number of hydrogen-bond acceptors (Lipinski definition) is 4. The van der Waals surface area contributed by atoms with Gasteiger partial charge in [0.05, 0.1) is 12.6 Å². The molecule has 0 atom stereocenters. The first-order chi connectivity index (χ1) is 14.3. The van der Waals surface area contributed by atoms with Gasteiger partial charge in [-0.1, -0.05) is 26.8 Å². The maximum Gasteiger partial charge on any atom is 0.255 e. The molecule has 30 heavy (non-hydrogen) atoms. The molecule has 0 saturated heterocycles. The van der Waals surface area contributed by atoms with Crippen LogP contribution in [0.15, 0.2) is 59.8 Å². The largest absolute Gasteiger partial charge is 0.496 e. The van der Waals surface area contributed by atoms with Crippen LogP contribution in [0.1, 0.15) is 32.0 Å². The highest BCUT2D eigenvalue weighted by Gasteiger charge is 2.24. The average molecular weight is 399 g/mol. The van der Waals surface area contributed by atoms with Crippen LogP contribution in [0.5, 0.6) is 5.75 Å². The zero-order valence-electron chi connectivity index (χ0n) is 17.9. The van der Waals surface area contributed by atoms with Gasteiger partial charge in [-0.15, -0.1) is 0 Å². The van der Waals surface area contributed by atoms with Crippen molar-refractivity contribution in [3.63, 3.8) is 0 Å². The van der Waals surface area contributed by atoms with Crippen LogP contribution < -0.4 is 10.3 Å². The van der Waals surface area contributed by atoms with Crippen LogP contribution in [0.25, 0.3) is 33.2 Å². The lowest BCUT2D eigenvalue weighted by molar-refractivity contribution is 0.402. The van der Waals surface area contributed by atoms with Crippen molar-refractivity contribution in [1.29, 1.82) is 0 Å². The van der Waals surface area contributed by atoms with Gasteiger partial charge < -0.3 is 9.72 Å².